The van der Waals surface area contributed by atoms with Crippen molar-refractivity contribution < 1.29 is 14.6 Å². The number of pyridine rings is 1. The number of halogens is 1. The monoisotopic (exact) mass is 272 g/mol. The molecular formula is C12H17ClN2O3. The van der Waals surface area contributed by atoms with Gasteiger partial charge in [-0.25, -0.2) is 9.78 Å². The van der Waals surface area contributed by atoms with Gasteiger partial charge in [0.25, 0.3) is 0 Å². The van der Waals surface area contributed by atoms with Gasteiger partial charge in [0.05, 0.1) is 12.2 Å². The molecule has 0 spiro atoms. The highest BCUT2D eigenvalue weighted by atomic mass is 35.5. The van der Waals surface area contributed by atoms with Gasteiger partial charge in [-0.05, 0) is 26.0 Å². The summed E-state index contributed by atoms with van der Waals surface area (Å²) in [4.78, 5) is 16.8. The zero-order valence-electron chi connectivity index (χ0n) is 10.4. The predicted octanol–water partition coefficient (Wildman–Crippen LogP) is 1.82. The van der Waals surface area contributed by atoms with Crippen molar-refractivity contribution in [3.63, 3.8) is 0 Å². The number of carboxylic acid groups (broad SMARTS) is 1. The Morgan fingerprint density at radius 1 is 1.44 bits per heavy atom. The van der Waals surface area contributed by atoms with Gasteiger partial charge >= 0.3 is 5.97 Å². The van der Waals surface area contributed by atoms with E-state index in [1.807, 2.05) is 19.9 Å². The van der Waals surface area contributed by atoms with E-state index in [9.17, 15) is 4.79 Å². The van der Waals surface area contributed by atoms with Crippen molar-refractivity contribution in [1.82, 2.24) is 4.98 Å². The molecule has 18 heavy (non-hydrogen) atoms. The zero-order chi connectivity index (χ0) is 12.4. The Morgan fingerprint density at radius 2 is 2.06 bits per heavy atom. The summed E-state index contributed by atoms with van der Waals surface area (Å²) in [5.41, 5.74) is 0.966. The van der Waals surface area contributed by atoms with Gasteiger partial charge in [-0.3, -0.25) is 0 Å². The molecule has 1 aliphatic heterocycles. The molecular weight excluding hydrogens is 256 g/mol. The Labute approximate surface area is 112 Å². The SMILES string of the molecule is CC1CN(c2ccnc(C(=O)O)c2)CC(C)O1.Cl. The molecule has 0 aliphatic carbocycles. The number of rotatable bonds is 2. The number of morpholine rings is 1. The van der Waals surface area contributed by atoms with Gasteiger partial charge in [0.15, 0.2) is 0 Å². The van der Waals surface area contributed by atoms with Crippen LogP contribution in [0.25, 0.3) is 0 Å². The molecule has 2 unspecified atom stereocenters. The first-order chi connectivity index (χ1) is 8.06. The molecule has 0 bridgehead atoms. The molecule has 100 valence electrons. The molecule has 1 aliphatic rings. The Balaban J connectivity index is 0.00000162. The van der Waals surface area contributed by atoms with Crippen molar-refractivity contribution in [2.24, 2.45) is 0 Å². The Kier molecular flexibility index (Phi) is 4.93. The third kappa shape index (κ3) is 3.34. The standard InChI is InChI=1S/C12H16N2O3.ClH/c1-8-6-14(7-9(2)17-8)10-3-4-13-11(5-10)12(15)16;/h3-5,8-9H,6-7H2,1-2H3,(H,15,16);1H. The average molecular weight is 273 g/mol. The van der Waals surface area contributed by atoms with Crippen molar-refractivity contribution in [2.75, 3.05) is 18.0 Å². The number of hydrogen-bond acceptors (Lipinski definition) is 4. The topological polar surface area (TPSA) is 62.7 Å². The quantitative estimate of drug-likeness (QED) is 0.890. The first kappa shape index (κ1) is 14.7. The van der Waals surface area contributed by atoms with E-state index in [2.05, 4.69) is 9.88 Å². The molecule has 6 heteroatoms. The lowest BCUT2D eigenvalue weighted by Gasteiger charge is -2.36. The maximum atomic E-state index is 10.9. The third-order valence-electron chi connectivity index (χ3n) is 2.75. The van der Waals surface area contributed by atoms with Crippen LogP contribution in [0.15, 0.2) is 18.3 Å². The van der Waals surface area contributed by atoms with Gasteiger partial charge in [-0.1, -0.05) is 0 Å². The number of ether oxygens (including phenoxy) is 1. The highest BCUT2D eigenvalue weighted by Crippen LogP contribution is 2.20. The predicted molar refractivity (Wildman–Crippen MR) is 70.7 cm³/mol. The van der Waals surface area contributed by atoms with E-state index in [0.717, 1.165) is 18.8 Å². The summed E-state index contributed by atoms with van der Waals surface area (Å²) in [5, 5.41) is 8.91. The number of aromatic carboxylic acids is 1. The fraction of sp³-hybridized carbons (Fsp3) is 0.500. The molecule has 1 aromatic rings. The van der Waals surface area contributed by atoms with E-state index in [4.69, 9.17) is 9.84 Å². The zero-order valence-corrected chi connectivity index (χ0v) is 11.2. The number of nitrogens with zero attached hydrogens (tertiary/aromatic N) is 2. The van der Waals surface area contributed by atoms with E-state index < -0.39 is 5.97 Å². The summed E-state index contributed by atoms with van der Waals surface area (Å²) in [6.45, 7) is 5.57. The van der Waals surface area contributed by atoms with E-state index in [0.29, 0.717) is 0 Å². The summed E-state index contributed by atoms with van der Waals surface area (Å²) >= 11 is 0. The van der Waals surface area contributed by atoms with Crippen LogP contribution in [0.2, 0.25) is 0 Å². The molecule has 2 heterocycles. The molecule has 0 aromatic carbocycles. The van der Waals surface area contributed by atoms with Gasteiger partial charge in [-0.2, -0.15) is 0 Å². The fourth-order valence-electron chi connectivity index (χ4n) is 2.12. The van der Waals surface area contributed by atoms with Crippen molar-refractivity contribution in [3.8, 4) is 0 Å². The minimum absolute atomic E-state index is 0. The van der Waals surface area contributed by atoms with Crippen LogP contribution in [0.4, 0.5) is 5.69 Å². The average Bonchev–Trinajstić information content (AvgIpc) is 2.28. The third-order valence-corrected chi connectivity index (χ3v) is 2.75. The van der Waals surface area contributed by atoms with Crippen LogP contribution in [0, 0.1) is 0 Å². The second kappa shape index (κ2) is 6.02. The van der Waals surface area contributed by atoms with Crippen LogP contribution < -0.4 is 4.90 Å². The summed E-state index contributed by atoms with van der Waals surface area (Å²) in [6.07, 6.45) is 1.84. The minimum Gasteiger partial charge on any atom is -0.477 e. The number of anilines is 1. The van der Waals surface area contributed by atoms with E-state index in [1.165, 1.54) is 6.20 Å². The number of carboxylic acids is 1. The molecule has 0 radical (unpaired) electrons. The van der Waals surface area contributed by atoms with Crippen molar-refractivity contribution in [2.45, 2.75) is 26.1 Å². The fourth-order valence-corrected chi connectivity index (χ4v) is 2.12. The van der Waals surface area contributed by atoms with Crippen LogP contribution in [0.5, 0.6) is 0 Å². The van der Waals surface area contributed by atoms with E-state index in [-0.39, 0.29) is 30.3 Å². The largest absolute Gasteiger partial charge is 0.477 e. The summed E-state index contributed by atoms with van der Waals surface area (Å²) in [5.74, 6) is -0.999. The van der Waals surface area contributed by atoms with Crippen LogP contribution >= 0.6 is 12.4 Å². The van der Waals surface area contributed by atoms with Crippen molar-refractivity contribution >= 4 is 24.1 Å². The first-order valence-corrected chi connectivity index (χ1v) is 5.66. The number of aromatic nitrogens is 1. The van der Waals surface area contributed by atoms with Crippen molar-refractivity contribution in [1.29, 1.82) is 0 Å². The molecule has 1 N–H and O–H groups in total. The summed E-state index contributed by atoms with van der Waals surface area (Å²) < 4.78 is 5.64. The van der Waals surface area contributed by atoms with Crippen LogP contribution in [-0.2, 0) is 4.74 Å². The molecule has 1 saturated heterocycles. The maximum Gasteiger partial charge on any atom is 0.354 e. The second-order valence-corrected chi connectivity index (χ2v) is 4.37. The van der Waals surface area contributed by atoms with Crippen LogP contribution in [0.1, 0.15) is 24.3 Å². The number of carbonyl (C=O) groups is 1. The minimum atomic E-state index is -0.999. The Bertz CT molecular complexity index is 418. The van der Waals surface area contributed by atoms with Gasteiger partial charge in [-0.15, -0.1) is 12.4 Å². The maximum absolute atomic E-state index is 10.9. The molecule has 2 rings (SSSR count). The summed E-state index contributed by atoms with van der Waals surface area (Å²) in [6, 6.07) is 3.43. The van der Waals surface area contributed by atoms with Gasteiger partial charge in [0.2, 0.25) is 0 Å². The Morgan fingerprint density at radius 3 is 2.61 bits per heavy atom. The van der Waals surface area contributed by atoms with Crippen LogP contribution in [-0.4, -0.2) is 41.4 Å². The second-order valence-electron chi connectivity index (χ2n) is 4.37. The molecule has 1 aromatic heterocycles. The van der Waals surface area contributed by atoms with Crippen molar-refractivity contribution in [3.05, 3.63) is 24.0 Å². The normalized spacial score (nSPS) is 23.3. The molecule has 2 atom stereocenters. The lowest BCUT2D eigenvalue weighted by atomic mass is 10.2. The highest BCUT2D eigenvalue weighted by molar-refractivity contribution is 5.86. The van der Waals surface area contributed by atoms with E-state index in [1.54, 1.807) is 6.07 Å². The van der Waals surface area contributed by atoms with Gasteiger partial charge < -0.3 is 14.7 Å². The molecule has 0 saturated carbocycles. The van der Waals surface area contributed by atoms with Gasteiger partial charge in [0.1, 0.15) is 5.69 Å². The molecule has 0 amide bonds. The van der Waals surface area contributed by atoms with Crippen LogP contribution in [0.3, 0.4) is 0 Å². The van der Waals surface area contributed by atoms with Gasteiger partial charge in [0, 0.05) is 25.0 Å². The smallest absolute Gasteiger partial charge is 0.354 e. The molecule has 5 nitrogen and oxygen atoms in total. The van der Waals surface area contributed by atoms with E-state index >= 15 is 0 Å². The highest BCUT2D eigenvalue weighted by Gasteiger charge is 2.22. The summed E-state index contributed by atoms with van der Waals surface area (Å²) in [7, 11) is 0. The lowest BCUT2D eigenvalue weighted by Crippen LogP contribution is -2.45. The first-order valence-electron chi connectivity index (χ1n) is 5.66. The lowest BCUT2D eigenvalue weighted by molar-refractivity contribution is -0.00522. The number of hydrogen-bond donors (Lipinski definition) is 1. The molecule has 1 fully saturated rings. The Hall–Kier alpha value is -1.33.